The number of hydrogen-bond acceptors (Lipinski definition) is 2. The van der Waals surface area contributed by atoms with E-state index in [0.29, 0.717) is 5.69 Å². The fourth-order valence-electron chi connectivity index (χ4n) is 2.36. The molecule has 2 rings (SSSR count). The molecule has 1 aliphatic rings. The molecule has 1 aromatic rings. The van der Waals surface area contributed by atoms with Crippen LogP contribution >= 0.6 is 0 Å². The summed E-state index contributed by atoms with van der Waals surface area (Å²) >= 11 is 0. The Labute approximate surface area is 111 Å². The highest BCUT2D eigenvalue weighted by Crippen LogP contribution is 2.38. The van der Waals surface area contributed by atoms with E-state index in [1.165, 1.54) is 6.07 Å². The molecule has 0 spiro atoms. The third-order valence-electron chi connectivity index (χ3n) is 3.82. The average Bonchev–Trinajstić information content (AvgIpc) is 2.28. The van der Waals surface area contributed by atoms with Crippen molar-refractivity contribution in [3.8, 4) is 0 Å². The number of piperidine rings is 1. The molecule has 1 fully saturated rings. The van der Waals surface area contributed by atoms with Crippen LogP contribution in [0.3, 0.4) is 0 Å². The number of benzene rings is 1. The summed E-state index contributed by atoms with van der Waals surface area (Å²) in [6, 6.07) is 4.18. The lowest BCUT2D eigenvalue weighted by Crippen LogP contribution is -2.37. The van der Waals surface area contributed by atoms with Crippen LogP contribution in [-0.2, 0) is 6.18 Å². The van der Waals surface area contributed by atoms with E-state index in [9.17, 15) is 13.2 Å². The van der Waals surface area contributed by atoms with Crippen molar-refractivity contribution in [1.82, 2.24) is 0 Å². The number of nitrogens with two attached hydrogens (primary N) is 1. The maximum absolute atomic E-state index is 12.8. The van der Waals surface area contributed by atoms with E-state index in [1.54, 1.807) is 6.07 Å². The zero-order valence-corrected chi connectivity index (χ0v) is 11.2. The number of hydrogen-bond donors (Lipinski definition) is 1. The number of anilines is 2. The monoisotopic (exact) mass is 272 g/mol. The Morgan fingerprint density at radius 3 is 2.26 bits per heavy atom. The van der Waals surface area contributed by atoms with Gasteiger partial charge in [0.1, 0.15) is 0 Å². The second kappa shape index (κ2) is 4.62. The van der Waals surface area contributed by atoms with Crippen molar-refractivity contribution < 1.29 is 13.2 Å². The molecule has 106 valence electrons. The molecule has 1 saturated heterocycles. The molecule has 1 aliphatic heterocycles. The van der Waals surface area contributed by atoms with Gasteiger partial charge in [0, 0.05) is 24.5 Å². The van der Waals surface area contributed by atoms with Crippen LogP contribution < -0.4 is 10.6 Å². The third-order valence-corrected chi connectivity index (χ3v) is 3.82. The van der Waals surface area contributed by atoms with Gasteiger partial charge in [-0.1, -0.05) is 13.8 Å². The summed E-state index contributed by atoms with van der Waals surface area (Å²) in [5, 5.41) is 0. The minimum Gasteiger partial charge on any atom is -0.398 e. The van der Waals surface area contributed by atoms with Crippen molar-refractivity contribution in [3.05, 3.63) is 23.8 Å². The van der Waals surface area contributed by atoms with Gasteiger partial charge in [-0.2, -0.15) is 13.2 Å². The maximum atomic E-state index is 12.8. The summed E-state index contributed by atoms with van der Waals surface area (Å²) in [5.41, 5.74) is 5.34. The first-order valence-corrected chi connectivity index (χ1v) is 6.41. The Balaban J connectivity index is 2.23. The molecule has 2 N–H and O–H groups in total. The molecule has 0 bridgehead atoms. The Hall–Kier alpha value is -1.39. The van der Waals surface area contributed by atoms with E-state index >= 15 is 0 Å². The second-order valence-corrected chi connectivity index (χ2v) is 5.92. The van der Waals surface area contributed by atoms with Crippen LogP contribution in [0.25, 0.3) is 0 Å². The third kappa shape index (κ3) is 3.14. The Bertz CT molecular complexity index is 456. The smallest absolute Gasteiger partial charge is 0.398 e. The first-order valence-electron chi connectivity index (χ1n) is 6.41. The minimum atomic E-state index is -4.39. The molecule has 0 saturated carbocycles. The highest BCUT2D eigenvalue weighted by Gasteiger charge is 2.34. The number of nitrogens with zero attached hydrogens (tertiary/aromatic N) is 1. The van der Waals surface area contributed by atoms with Crippen molar-refractivity contribution in [2.24, 2.45) is 5.41 Å². The first kappa shape index (κ1) is 14.0. The largest absolute Gasteiger partial charge is 0.418 e. The highest BCUT2D eigenvalue weighted by atomic mass is 19.4. The van der Waals surface area contributed by atoms with Crippen molar-refractivity contribution in [1.29, 1.82) is 0 Å². The van der Waals surface area contributed by atoms with Crippen molar-refractivity contribution in [2.75, 3.05) is 23.7 Å². The predicted octanol–water partition coefficient (Wildman–Crippen LogP) is 3.91. The molecular formula is C14H19F3N2. The fourth-order valence-corrected chi connectivity index (χ4v) is 2.36. The molecule has 1 aromatic carbocycles. The highest BCUT2D eigenvalue weighted by molar-refractivity contribution is 5.59. The van der Waals surface area contributed by atoms with Crippen molar-refractivity contribution >= 4 is 11.4 Å². The lowest BCUT2D eigenvalue weighted by atomic mass is 9.82. The van der Waals surface area contributed by atoms with Gasteiger partial charge in [-0.3, -0.25) is 0 Å². The van der Waals surface area contributed by atoms with E-state index in [-0.39, 0.29) is 11.1 Å². The number of halogens is 3. The Morgan fingerprint density at radius 1 is 1.16 bits per heavy atom. The summed E-state index contributed by atoms with van der Waals surface area (Å²) in [5.74, 6) is 0. The van der Waals surface area contributed by atoms with Gasteiger partial charge in [0.05, 0.1) is 5.56 Å². The van der Waals surface area contributed by atoms with Crippen LogP contribution in [0.5, 0.6) is 0 Å². The van der Waals surface area contributed by atoms with Crippen LogP contribution in [0, 0.1) is 5.41 Å². The van der Waals surface area contributed by atoms with Gasteiger partial charge in [-0.05, 0) is 36.5 Å². The van der Waals surface area contributed by atoms with Crippen LogP contribution in [0.1, 0.15) is 32.3 Å². The van der Waals surface area contributed by atoms with E-state index in [2.05, 4.69) is 13.8 Å². The van der Waals surface area contributed by atoms with Crippen molar-refractivity contribution in [3.63, 3.8) is 0 Å². The van der Waals surface area contributed by atoms with Crippen molar-refractivity contribution in [2.45, 2.75) is 32.9 Å². The Morgan fingerprint density at radius 2 is 1.74 bits per heavy atom. The van der Waals surface area contributed by atoms with E-state index < -0.39 is 11.7 Å². The number of rotatable bonds is 1. The van der Waals surface area contributed by atoms with Gasteiger partial charge in [0.15, 0.2) is 0 Å². The van der Waals surface area contributed by atoms with Crippen LogP contribution in [0.15, 0.2) is 18.2 Å². The van der Waals surface area contributed by atoms with Gasteiger partial charge >= 0.3 is 6.18 Å². The molecule has 0 unspecified atom stereocenters. The maximum Gasteiger partial charge on any atom is 0.418 e. The van der Waals surface area contributed by atoms with Gasteiger partial charge < -0.3 is 10.6 Å². The average molecular weight is 272 g/mol. The molecule has 0 atom stereocenters. The zero-order valence-electron chi connectivity index (χ0n) is 11.2. The molecule has 1 heterocycles. The standard InChI is InChI=1S/C14H19F3N2/c1-13(2)5-7-19(8-6-13)10-3-4-12(18)11(9-10)14(15,16)17/h3-4,9H,5-8,18H2,1-2H3. The quantitative estimate of drug-likeness (QED) is 0.785. The molecule has 5 heteroatoms. The summed E-state index contributed by atoms with van der Waals surface area (Å²) < 4.78 is 38.5. The second-order valence-electron chi connectivity index (χ2n) is 5.92. The predicted molar refractivity (Wildman–Crippen MR) is 71.1 cm³/mol. The lowest BCUT2D eigenvalue weighted by Gasteiger charge is -2.38. The summed E-state index contributed by atoms with van der Waals surface area (Å²) in [6.07, 6.45) is -2.42. The molecule has 0 aromatic heterocycles. The van der Waals surface area contributed by atoms with Gasteiger partial charge in [0.2, 0.25) is 0 Å². The lowest BCUT2D eigenvalue weighted by molar-refractivity contribution is -0.136. The summed E-state index contributed by atoms with van der Waals surface area (Å²) in [6.45, 7) is 5.95. The number of nitrogen functional groups attached to an aromatic ring is 1. The SMILES string of the molecule is CC1(C)CCN(c2ccc(N)c(C(F)(F)F)c2)CC1. The van der Waals surface area contributed by atoms with Crippen LogP contribution in [-0.4, -0.2) is 13.1 Å². The normalized spacial score (nSPS) is 19.5. The summed E-state index contributed by atoms with van der Waals surface area (Å²) in [4.78, 5) is 2.00. The van der Waals surface area contributed by atoms with E-state index in [1.807, 2.05) is 4.90 Å². The minimum absolute atomic E-state index is 0.214. The molecule has 0 radical (unpaired) electrons. The van der Waals surface area contributed by atoms with E-state index in [0.717, 1.165) is 32.0 Å². The first-order chi connectivity index (χ1) is 8.69. The zero-order chi connectivity index (χ0) is 14.3. The molecule has 0 amide bonds. The molecule has 2 nitrogen and oxygen atoms in total. The molecule has 19 heavy (non-hydrogen) atoms. The summed E-state index contributed by atoms with van der Waals surface area (Å²) in [7, 11) is 0. The van der Waals surface area contributed by atoms with Gasteiger partial charge in [0.25, 0.3) is 0 Å². The van der Waals surface area contributed by atoms with Gasteiger partial charge in [-0.15, -0.1) is 0 Å². The van der Waals surface area contributed by atoms with Crippen LogP contribution in [0.2, 0.25) is 0 Å². The van der Waals surface area contributed by atoms with Crippen LogP contribution in [0.4, 0.5) is 24.5 Å². The number of alkyl halides is 3. The Kier molecular flexibility index (Phi) is 3.41. The van der Waals surface area contributed by atoms with Gasteiger partial charge in [-0.25, -0.2) is 0 Å². The van der Waals surface area contributed by atoms with E-state index in [4.69, 9.17) is 5.73 Å². The molecular weight excluding hydrogens is 253 g/mol. The fraction of sp³-hybridized carbons (Fsp3) is 0.571. The molecule has 0 aliphatic carbocycles. The topological polar surface area (TPSA) is 29.3 Å².